The Morgan fingerprint density at radius 3 is 1.48 bits per heavy atom. The SMILES string of the molecule is C.C.CCCCn1c(=O)c2c(nc(S(=O)Cc3cccc(OC(F)(F)F)c3)n2Cc2ccc(Cl)cc2)n(C)c1=O.CCCCn1c(=O)c2c(nc(SCc3cccc(OC(F)(F)F)c3)n2Cc2ccc(Cl)cc2)n(C)c1=O. The lowest BCUT2D eigenvalue weighted by atomic mass is 10.2. The van der Waals surface area contributed by atoms with Crippen molar-refractivity contribution in [3.05, 3.63) is 171 Å². The van der Waals surface area contributed by atoms with Gasteiger partial charge in [0.15, 0.2) is 27.5 Å². The van der Waals surface area contributed by atoms with Gasteiger partial charge in [0.25, 0.3) is 11.1 Å². The number of nitrogens with zero attached hydrogens (tertiary/aromatic N) is 8. The molecule has 8 aromatic rings. The molecule has 1 atom stereocenters. The molecule has 77 heavy (non-hydrogen) atoms. The molecule has 4 aromatic heterocycles. The Morgan fingerprint density at radius 2 is 1.01 bits per heavy atom. The first-order chi connectivity index (χ1) is 35.5. The number of halogens is 8. The summed E-state index contributed by atoms with van der Waals surface area (Å²) in [5.41, 5.74) is 1.21. The van der Waals surface area contributed by atoms with E-state index in [0.29, 0.717) is 45.7 Å². The van der Waals surface area contributed by atoms with Crippen molar-refractivity contribution in [1.29, 1.82) is 0 Å². The van der Waals surface area contributed by atoms with Crippen LogP contribution in [0.4, 0.5) is 26.3 Å². The van der Waals surface area contributed by atoms with Gasteiger partial charge in [-0.2, -0.15) is 0 Å². The molecule has 414 valence electrons. The molecular formula is C52H56Cl2F6N8O7S2. The van der Waals surface area contributed by atoms with Gasteiger partial charge in [-0.1, -0.05) is 125 Å². The third-order valence-corrected chi connectivity index (χ3v) is 14.4. The summed E-state index contributed by atoms with van der Waals surface area (Å²) in [5.74, 6) is -0.696. The molecule has 0 saturated heterocycles. The normalized spacial score (nSPS) is 11.9. The Balaban J connectivity index is 0.000000277. The van der Waals surface area contributed by atoms with Crippen molar-refractivity contribution in [1.82, 2.24) is 37.4 Å². The van der Waals surface area contributed by atoms with Crippen LogP contribution in [0, 0.1) is 0 Å². The van der Waals surface area contributed by atoms with Crippen molar-refractivity contribution in [2.24, 2.45) is 14.1 Å². The van der Waals surface area contributed by atoms with Gasteiger partial charge in [-0.3, -0.25) is 32.1 Å². The number of rotatable bonds is 18. The first-order valence-electron chi connectivity index (χ1n) is 23.1. The zero-order valence-electron chi connectivity index (χ0n) is 40.6. The van der Waals surface area contributed by atoms with Crippen LogP contribution >= 0.6 is 35.0 Å². The number of hydrogen-bond acceptors (Lipinski definition) is 10. The van der Waals surface area contributed by atoms with Crippen LogP contribution in [0.2, 0.25) is 10.0 Å². The number of unbranched alkanes of at least 4 members (excludes halogenated alkanes) is 2. The van der Waals surface area contributed by atoms with E-state index in [-0.39, 0.29) is 79.2 Å². The smallest absolute Gasteiger partial charge is 0.406 e. The number of ether oxygens (including phenoxy) is 2. The van der Waals surface area contributed by atoms with Crippen LogP contribution in [0.3, 0.4) is 0 Å². The maximum atomic E-state index is 13.6. The highest BCUT2D eigenvalue weighted by Crippen LogP contribution is 2.30. The Labute approximate surface area is 455 Å². The van der Waals surface area contributed by atoms with Gasteiger partial charge in [-0.15, -0.1) is 26.3 Å². The average Bonchev–Trinajstić information content (AvgIpc) is 3.91. The van der Waals surface area contributed by atoms with E-state index >= 15 is 0 Å². The summed E-state index contributed by atoms with van der Waals surface area (Å²) in [6.45, 7) is 4.81. The van der Waals surface area contributed by atoms with Gasteiger partial charge in [0.1, 0.15) is 11.5 Å². The molecule has 0 bridgehead atoms. The van der Waals surface area contributed by atoms with Crippen molar-refractivity contribution in [2.75, 3.05) is 0 Å². The Morgan fingerprint density at radius 1 is 0.584 bits per heavy atom. The number of aryl methyl sites for hydroxylation is 2. The van der Waals surface area contributed by atoms with Gasteiger partial charge >= 0.3 is 24.1 Å². The summed E-state index contributed by atoms with van der Waals surface area (Å²) in [6.07, 6.45) is -6.79. The predicted octanol–water partition coefficient (Wildman–Crippen LogP) is 11.5. The van der Waals surface area contributed by atoms with E-state index in [1.807, 2.05) is 26.0 Å². The minimum Gasteiger partial charge on any atom is -0.406 e. The maximum absolute atomic E-state index is 13.6. The van der Waals surface area contributed by atoms with Crippen LogP contribution < -0.4 is 32.0 Å². The number of aromatic nitrogens is 8. The molecule has 0 amide bonds. The second kappa shape index (κ2) is 26.2. The first-order valence-corrected chi connectivity index (χ1v) is 26.2. The quantitative estimate of drug-likeness (QED) is 0.0598. The van der Waals surface area contributed by atoms with Crippen LogP contribution in [-0.4, -0.2) is 54.3 Å². The Hall–Kier alpha value is -6.56. The lowest BCUT2D eigenvalue weighted by Crippen LogP contribution is -2.39. The molecule has 4 aromatic carbocycles. The van der Waals surface area contributed by atoms with E-state index in [4.69, 9.17) is 23.2 Å². The largest absolute Gasteiger partial charge is 0.573 e. The minimum atomic E-state index is -4.87. The summed E-state index contributed by atoms with van der Waals surface area (Å²) in [6, 6.07) is 24.8. The fourth-order valence-corrected chi connectivity index (χ4v) is 10.3. The molecule has 0 fully saturated rings. The Bertz CT molecular complexity index is 3610. The summed E-state index contributed by atoms with van der Waals surface area (Å²) in [4.78, 5) is 61.8. The molecule has 0 spiro atoms. The highest BCUT2D eigenvalue weighted by atomic mass is 35.5. The van der Waals surface area contributed by atoms with Crippen LogP contribution in [0.5, 0.6) is 11.5 Å². The van der Waals surface area contributed by atoms with Gasteiger partial charge in [0, 0.05) is 43.0 Å². The highest BCUT2D eigenvalue weighted by molar-refractivity contribution is 7.98. The van der Waals surface area contributed by atoms with Crippen LogP contribution in [-0.2, 0) is 62.6 Å². The lowest BCUT2D eigenvalue weighted by Gasteiger charge is -2.12. The molecule has 0 N–H and O–H groups in total. The topological polar surface area (TPSA) is 159 Å². The minimum absolute atomic E-state index is 0. The number of benzene rings is 4. The summed E-state index contributed by atoms with van der Waals surface area (Å²) < 4.78 is 106. The zero-order chi connectivity index (χ0) is 54.4. The van der Waals surface area contributed by atoms with Gasteiger partial charge in [0.2, 0.25) is 5.16 Å². The number of hydrogen-bond donors (Lipinski definition) is 0. The maximum Gasteiger partial charge on any atom is 0.573 e. The van der Waals surface area contributed by atoms with E-state index < -0.39 is 51.8 Å². The van der Waals surface area contributed by atoms with Crippen LogP contribution in [0.25, 0.3) is 22.3 Å². The molecule has 0 saturated carbocycles. The first kappa shape index (κ1) is 61.3. The van der Waals surface area contributed by atoms with E-state index in [9.17, 15) is 49.7 Å². The highest BCUT2D eigenvalue weighted by Gasteiger charge is 2.32. The van der Waals surface area contributed by atoms with Gasteiger partial charge in [0.05, 0.1) is 29.6 Å². The molecule has 0 aliphatic heterocycles. The van der Waals surface area contributed by atoms with Crippen LogP contribution in [0.1, 0.15) is 76.6 Å². The van der Waals surface area contributed by atoms with Gasteiger partial charge in [-0.05, 0) is 83.6 Å². The van der Waals surface area contributed by atoms with Crippen molar-refractivity contribution in [3.8, 4) is 11.5 Å². The number of alkyl halides is 6. The second-order valence-electron chi connectivity index (χ2n) is 17.0. The van der Waals surface area contributed by atoms with E-state index in [0.717, 1.165) is 40.7 Å². The molecule has 0 aliphatic rings. The third kappa shape index (κ3) is 15.1. The lowest BCUT2D eigenvalue weighted by molar-refractivity contribution is -0.275. The summed E-state index contributed by atoms with van der Waals surface area (Å²) in [7, 11) is 1.15. The number of thioether (sulfide) groups is 1. The number of fused-ring (bicyclic) bond motifs is 2. The van der Waals surface area contributed by atoms with Gasteiger partial charge < -0.3 is 18.6 Å². The molecule has 4 heterocycles. The van der Waals surface area contributed by atoms with Crippen molar-refractivity contribution in [2.45, 2.75) is 115 Å². The fraction of sp³-hybridized carbons (Fsp3) is 0.346. The second-order valence-corrected chi connectivity index (χ2v) is 20.2. The number of imidazole rings is 2. The third-order valence-electron chi connectivity index (χ3n) is 11.5. The molecule has 15 nitrogen and oxygen atoms in total. The molecular weight excluding hydrogens is 1100 g/mol. The zero-order valence-corrected chi connectivity index (χ0v) is 43.7. The molecule has 0 aliphatic carbocycles. The van der Waals surface area contributed by atoms with Crippen LogP contribution in [0.15, 0.2) is 127 Å². The monoisotopic (exact) mass is 1150 g/mol. The summed E-state index contributed by atoms with van der Waals surface area (Å²) in [5, 5.41) is 1.54. The molecule has 25 heteroatoms. The molecule has 1 unspecified atom stereocenters. The summed E-state index contributed by atoms with van der Waals surface area (Å²) >= 11 is 13.3. The van der Waals surface area contributed by atoms with Crippen molar-refractivity contribution in [3.63, 3.8) is 0 Å². The van der Waals surface area contributed by atoms with E-state index in [1.54, 1.807) is 54.1 Å². The fourth-order valence-electron chi connectivity index (χ4n) is 7.88. The Kier molecular flexibility index (Phi) is 20.8. The van der Waals surface area contributed by atoms with Crippen molar-refractivity contribution >= 4 is 68.1 Å². The average molecular weight is 1150 g/mol. The van der Waals surface area contributed by atoms with Crippen molar-refractivity contribution < 1.29 is 40.0 Å². The van der Waals surface area contributed by atoms with Gasteiger partial charge in [-0.25, -0.2) is 19.6 Å². The molecule has 8 rings (SSSR count). The van der Waals surface area contributed by atoms with E-state index in [1.165, 1.54) is 67.4 Å². The predicted molar refractivity (Wildman–Crippen MR) is 289 cm³/mol. The van der Waals surface area contributed by atoms with E-state index in [2.05, 4.69) is 19.4 Å². The molecule has 0 radical (unpaired) electrons. The standard InChI is InChI=1S/C25H24ClF3N4O4S.C25H24ClF3N4O3S.2CH4/c1-3-4-12-32-22(34)20-21(31(2)24(32)35)30-23(33(20)14-16-8-10-18(26)11-9-16)38(36)15-17-6-5-7-19(13-17)37-25(27,28)29;1-3-4-12-32-22(34)20-21(31(2)24(32)35)30-23(33(20)14-16-8-10-18(26)11-9-16)37-15-17-6-5-7-19(13-17)36-25(27,28)29;;/h5-11,13H,3-4,12,14-15H2,1-2H3;5-11,13H,3-4,12,14-15H2,1-2H3;2*1H4.